The van der Waals surface area contributed by atoms with Crippen molar-refractivity contribution in [2.75, 3.05) is 24.8 Å². The van der Waals surface area contributed by atoms with E-state index in [1.165, 1.54) is 6.92 Å². The zero-order valence-corrected chi connectivity index (χ0v) is 17.7. The van der Waals surface area contributed by atoms with Crippen LogP contribution in [0.15, 0.2) is 60.7 Å². The molecule has 3 rings (SSSR count). The Morgan fingerprint density at radius 2 is 1.53 bits per heavy atom. The molecule has 0 bridgehead atoms. The summed E-state index contributed by atoms with van der Waals surface area (Å²) in [7, 11) is 3.59. The predicted octanol–water partition coefficient (Wildman–Crippen LogP) is 4.27. The van der Waals surface area contributed by atoms with E-state index in [1.54, 1.807) is 31.4 Å². The zero-order chi connectivity index (χ0) is 21.7. The van der Waals surface area contributed by atoms with E-state index >= 15 is 0 Å². The summed E-state index contributed by atoms with van der Waals surface area (Å²) in [4.78, 5) is 25.8. The van der Waals surface area contributed by atoms with Gasteiger partial charge in [-0.1, -0.05) is 18.2 Å². The molecule has 0 aliphatic heterocycles. The summed E-state index contributed by atoms with van der Waals surface area (Å²) in [5.41, 5.74) is 2.52. The quantitative estimate of drug-likeness (QED) is 0.616. The van der Waals surface area contributed by atoms with Crippen molar-refractivity contribution < 1.29 is 14.3 Å². The number of hydrogen-bond acceptors (Lipinski definition) is 4. The number of rotatable bonds is 7. The molecular weight excluding hydrogens is 378 g/mol. The highest BCUT2D eigenvalue weighted by Crippen LogP contribution is 2.23. The third-order valence-corrected chi connectivity index (χ3v) is 5.06. The highest BCUT2D eigenvalue weighted by Gasteiger charge is 2.18. The Kier molecular flexibility index (Phi) is 6.69. The average molecular weight is 405 g/mol. The number of methoxy groups -OCH3 is 1. The lowest BCUT2D eigenvalue weighted by Crippen LogP contribution is -2.39. The number of carbonyl (C=O) groups is 2. The van der Waals surface area contributed by atoms with Crippen LogP contribution in [0.25, 0.3) is 10.8 Å². The fraction of sp³-hybridized carbons (Fsp3) is 0.250. The maximum Gasteiger partial charge on any atom is 0.241 e. The Morgan fingerprint density at radius 3 is 2.17 bits per heavy atom. The molecule has 6 heteroatoms. The largest absolute Gasteiger partial charge is 0.497 e. The van der Waals surface area contributed by atoms with Crippen LogP contribution in [0.1, 0.15) is 19.4 Å². The van der Waals surface area contributed by atoms with E-state index in [0.29, 0.717) is 17.9 Å². The maximum atomic E-state index is 12.7. The van der Waals surface area contributed by atoms with Gasteiger partial charge in [0, 0.05) is 24.8 Å². The third-order valence-electron chi connectivity index (χ3n) is 5.06. The van der Waals surface area contributed by atoms with Crippen molar-refractivity contribution in [1.29, 1.82) is 0 Å². The molecule has 0 unspecified atom stereocenters. The third kappa shape index (κ3) is 5.36. The SMILES string of the molecule is COc1ccc2cc(CN(C)[C@H](C)C(=O)Nc3ccc(NC(C)=O)cc3)ccc2c1. The molecule has 0 spiro atoms. The molecule has 0 fully saturated rings. The summed E-state index contributed by atoms with van der Waals surface area (Å²) in [6, 6.07) is 19.0. The lowest BCUT2D eigenvalue weighted by atomic mass is 10.1. The van der Waals surface area contributed by atoms with Gasteiger partial charge in [-0.15, -0.1) is 0 Å². The molecular formula is C24H27N3O3. The number of carbonyl (C=O) groups excluding carboxylic acids is 2. The van der Waals surface area contributed by atoms with Crippen LogP contribution in [-0.4, -0.2) is 36.9 Å². The number of amides is 2. The first-order valence-corrected chi connectivity index (χ1v) is 9.81. The van der Waals surface area contributed by atoms with Gasteiger partial charge in [-0.2, -0.15) is 0 Å². The van der Waals surface area contributed by atoms with Crippen molar-refractivity contribution in [1.82, 2.24) is 4.90 Å². The Hall–Kier alpha value is -3.38. The minimum Gasteiger partial charge on any atom is -0.497 e. The Morgan fingerprint density at radius 1 is 0.933 bits per heavy atom. The molecule has 2 amide bonds. The summed E-state index contributed by atoms with van der Waals surface area (Å²) in [6.45, 7) is 3.99. The number of nitrogens with one attached hydrogen (secondary N) is 2. The standard InChI is InChI=1S/C24H27N3O3/c1-16(24(29)26-22-10-8-21(9-11-22)25-17(2)28)27(3)15-18-5-6-20-14-23(30-4)12-7-19(20)13-18/h5-14,16H,15H2,1-4H3,(H,25,28)(H,26,29)/t16-/m1/s1. The van der Waals surface area contributed by atoms with Crippen LogP contribution < -0.4 is 15.4 Å². The fourth-order valence-electron chi connectivity index (χ4n) is 3.21. The van der Waals surface area contributed by atoms with Gasteiger partial charge < -0.3 is 15.4 Å². The highest BCUT2D eigenvalue weighted by atomic mass is 16.5. The zero-order valence-electron chi connectivity index (χ0n) is 17.7. The number of ether oxygens (including phenoxy) is 1. The van der Waals surface area contributed by atoms with Crippen LogP contribution in [0.3, 0.4) is 0 Å². The van der Waals surface area contributed by atoms with Crippen molar-refractivity contribution in [2.24, 2.45) is 0 Å². The van der Waals surface area contributed by atoms with Crippen LogP contribution in [0.2, 0.25) is 0 Å². The van der Waals surface area contributed by atoms with Gasteiger partial charge >= 0.3 is 0 Å². The molecule has 6 nitrogen and oxygen atoms in total. The molecule has 0 radical (unpaired) electrons. The number of nitrogens with zero attached hydrogens (tertiary/aromatic N) is 1. The molecule has 0 aromatic heterocycles. The van der Waals surface area contributed by atoms with E-state index in [-0.39, 0.29) is 17.9 Å². The lowest BCUT2D eigenvalue weighted by molar-refractivity contribution is -0.120. The molecule has 1 atom stereocenters. The van der Waals surface area contributed by atoms with Gasteiger partial charge in [0.1, 0.15) is 5.75 Å². The normalized spacial score (nSPS) is 11.9. The Bertz CT molecular complexity index is 1050. The van der Waals surface area contributed by atoms with Gasteiger partial charge in [0.05, 0.1) is 13.2 Å². The molecule has 0 saturated heterocycles. The van der Waals surface area contributed by atoms with Gasteiger partial charge in [-0.05, 0) is 72.8 Å². The molecule has 0 aliphatic rings. The minimum atomic E-state index is -0.313. The van der Waals surface area contributed by atoms with Crippen molar-refractivity contribution >= 4 is 34.0 Å². The summed E-state index contributed by atoms with van der Waals surface area (Å²) in [5.74, 6) is 0.618. The maximum absolute atomic E-state index is 12.7. The van der Waals surface area contributed by atoms with Gasteiger partial charge in [-0.3, -0.25) is 14.5 Å². The average Bonchev–Trinajstić information content (AvgIpc) is 2.73. The summed E-state index contributed by atoms with van der Waals surface area (Å²) in [6.07, 6.45) is 0. The lowest BCUT2D eigenvalue weighted by Gasteiger charge is -2.24. The van der Waals surface area contributed by atoms with Crippen molar-refractivity contribution in [3.63, 3.8) is 0 Å². The number of benzene rings is 3. The second-order valence-electron chi connectivity index (χ2n) is 7.39. The highest BCUT2D eigenvalue weighted by molar-refractivity contribution is 5.95. The number of hydrogen-bond donors (Lipinski definition) is 2. The van der Waals surface area contributed by atoms with Crippen LogP contribution in [0.5, 0.6) is 5.75 Å². The number of fused-ring (bicyclic) bond motifs is 1. The van der Waals surface area contributed by atoms with E-state index in [1.807, 2.05) is 37.1 Å². The van der Waals surface area contributed by atoms with Crippen molar-refractivity contribution in [2.45, 2.75) is 26.4 Å². The van der Waals surface area contributed by atoms with Crippen molar-refractivity contribution in [3.05, 3.63) is 66.2 Å². The predicted molar refractivity (Wildman–Crippen MR) is 121 cm³/mol. The molecule has 0 heterocycles. The first-order valence-electron chi connectivity index (χ1n) is 9.81. The molecule has 3 aromatic carbocycles. The Balaban J connectivity index is 1.61. The molecule has 0 aliphatic carbocycles. The fourth-order valence-corrected chi connectivity index (χ4v) is 3.21. The molecule has 3 aromatic rings. The van der Waals surface area contributed by atoms with E-state index < -0.39 is 0 Å². The molecule has 30 heavy (non-hydrogen) atoms. The van der Waals surface area contributed by atoms with Gasteiger partial charge in [0.2, 0.25) is 11.8 Å². The summed E-state index contributed by atoms with van der Waals surface area (Å²) in [5, 5.41) is 7.89. The van der Waals surface area contributed by atoms with Crippen molar-refractivity contribution in [3.8, 4) is 5.75 Å². The van der Waals surface area contributed by atoms with Gasteiger partial charge in [0.25, 0.3) is 0 Å². The van der Waals surface area contributed by atoms with E-state index in [9.17, 15) is 9.59 Å². The Labute approximate surface area is 176 Å². The second-order valence-corrected chi connectivity index (χ2v) is 7.39. The first kappa shape index (κ1) is 21.3. The number of likely N-dealkylation sites (N-methyl/N-ethyl adjacent to an activating group) is 1. The monoisotopic (exact) mass is 405 g/mol. The van der Waals surface area contributed by atoms with Crippen LogP contribution in [0, 0.1) is 0 Å². The summed E-state index contributed by atoms with van der Waals surface area (Å²) >= 11 is 0. The smallest absolute Gasteiger partial charge is 0.241 e. The van der Waals surface area contributed by atoms with Gasteiger partial charge in [-0.25, -0.2) is 0 Å². The van der Waals surface area contributed by atoms with Gasteiger partial charge in [0.15, 0.2) is 0 Å². The van der Waals surface area contributed by atoms with Crippen LogP contribution in [-0.2, 0) is 16.1 Å². The minimum absolute atomic E-state index is 0.0877. The number of anilines is 2. The van der Waals surface area contributed by atoms with E-state index in [4.69, 9.17) is 4.74 Å². The van der Waals surface area contributed by atoms with Crippen LogP contribution >= 0.6 is 0 Å². The second kappa shape index (κ2) is 9.41. The van der Waals surface area contributed by atoms with E-state index in [2.05, 4.69) is 28.8 Å². The molecule has 0 saturated carbocycles. The first-order chi connectivity index (χ1) is 14.4. The van der Waals surface area contributed by atoms with Crippen LogP contribution in [0.4, 0.5) is 11.4 Å². The topological polar surface area (TPSA) is 70.7 Å². The van der Waals surface area contributed by atoms with E-state index in [0.717, 1.165) is 22.1 Å². The summed E-state index contributed by atoms with van der Waals surface area (Å²) < 4.78 is 5.28. The molecule has 156 valence electrons. The molecule has 2 N–H and O–H groups in total.